The van der Waals surface area contributed by atoms with Crippen molar-refractivity contribution in [3.63, 3.8) is 0 Å². The van der Waals surface area contributed by atoms with Crippen molar-refractivity contribution in [2.45, 2.75) is 32.7 Å². The summed E-state index contributed by atoms with van der Waals surface area (Å²) in [5.74, 6) is 2.02. The molecule has 2 rings (SSSR count). The Labute approximate surface area is 124 Å². The average molecular weight is 291 g/mol. The van der Waals surface area contributed by atoms with Crippen molar-refractivity contribution in [1.29, 1.82) is 0 Å². The van der Waals surface area contributed by atoms with E-state index in [9.17, 15) is 0 Å². The van der Waals surface area contributed by atoms with Gasteiger partial charge in [-0.3, -0.25) is 0 Å². The van der Waals surface area contributed by atoms with E-state index in [1.165, 1.54) is 0 Å². The number of hydrogen-bond acceptors (Lipinski definition) is 7. The minimum atomic E-state index is 0.141. The Morgan fingerprint density at radius 2 is 1.95 bits per heavy atom. The number of nitrogens with zero attached hydrogens (tertiary/aromatic N) is 4. The molecule has 2 unspecified atom stereocenters. The molecule has 0 aliphatic carbocycles. The molecule has 2 aromatic rings. The fourth-order valence-electron chi connectivity index (χ4n) is 2.28. The number of ether oxygens (including phenoxy) is 1. The summed E-state index contributed by atoms with van der Waals surface area (Å²) in [6.45, 7) is 6.37. The Bertz CT molecular complexity index is 567. The molecule has 0 saturated heterocycles. The third-order valence-corrected chi connectivity index (χ3v) is 3.52. The van der Waals surface area contributed by atoms with E-state index in [-0.39, 0.29) is 12.0 Å². The van der Waals surface area contributed by atoms with Gasteiger partial charge in [0.05, 0.1) is 13.0 Å². The first-order valence-corrected chi connectivity index (χ1v) is 6.95. The molecule has 0 aliphatic heterocycles. The summed E-state index contributed by atoms with van der Waals surface area (Å²) >= 11 is 0. The van der Waals surface area contributed by atoms with Crippen LogP contribution in [-0.4, -0.2) is 40.5 Å². The molecule has 7 nitrogen and oxygen atoms in total. The fourth-order valence-corrected chi connectivity index (χ4v) is 2.28. The lowest BCUT2D eigenvalue weighted by atomic mass is 9.89. The summed E-state index contributed by atoms with van der Waals surface area (Å²) < 4.78 is 10.4. The molecular formula is C14H21N5O2. The SMILES string of the molecule is CNC(C)C(c1nc(-c2ccc(OC)nn2)no1)C(C)C. The Morgan fingerprint density at radius 3 is 2.48 bits per heavy atom. The lowest BCUT2D eigenvalue weighted by molar-refractivity contribution is 0.286. The highest BCUT2D eigenvalue weighted by molar-refractivity contribution is 5.47. The molecule has 0 amide bonds. The number of aromatic nitrogens is 4. The molecule has 0 aliphatic rings. The first-order valence-electron chi connectivity index (χ1n) is 6.95. The summed E-state index contributed by atoms with van der Waals surface area (Å²) in [6.07, 6.45) is 0. The maximum absolute atomic E-state index is 5.42. The third-order valence-electron chi connectivity index (χ3n) is 3.52. The number of rotatable bonds is 6. The summed E-state index contributed by atoms with van der Waals surface area (Å²) in [4.78, 5) is 4.47. The largest absolute Gasteiger partial charge is 0.480 e. The number of hydrogen-bond donors (Lipinski definition) is 1. The molecule has 2 aromatic heterocycles. The van der Waals surface area contributed by atoms with Gasteiger partial charge in [0, 0.05) is 12.1 Å². The second-order valence-electron chi connectivity index (χ2n) is 5.26. The highest BCUT2D eigenvalue weighted by Crippen LogP contribution is 2.28. The molecule has 0 fully saturated rings. The topological polar surface area (TPSA) is 86.0 Å². The van der Waals surface area contributed by atoms with E-state index in [1.54, 1.807) is 19.2 Å². The van der Waals surface area contributed by atoms with Crippen LogP contribution >= 0.6 is 0 Å². The lowest BCUT2D eigenvalue weighted by Crippen LogP contribution is -2.32. The van der Waals surface area contributed by atoms with Crippen molar-refractivity contribution in [2.75, 3.05) is 14.2 Å². The molecule has 114 valence electrons. The number of likely N-dealkylation sites (N-methyl/N-ethyl adjacent to an activating group) is 1. The molecule has 0 radical (unpaired) electrons. The first kappa shape index (κ1) is 15.4. The van der Waals surface area contributed by atoms with Crippen LogP contribution in [0.2, 0.25) is 0 Å². The molecule has 0 bridgehead atoms. The molecule has 0 saturated carbocycles. The number of methoxy groups -OCH3 is 1. The van der Waals surface area contributed by atoms with Crippen molar-refractivity contribution in [3.8, 4) is 17.4 Å². The summed E-state index contributed by atoms with van der Waals surface area (Å²) in [5.41, 5.74) is 0.561. The molecule has 7 heteroatoms. The van der Waals surface area contributed by atoms with E-state index in [0.717, 1.165) is 0 Å². The van der Waals surface area contributed by atoms with Gasteiger partial charge in [0.1, 0.15) is 5.69 Å². The van der Waals surface area contributed by atoms with Gasteiger partial charge in [-0.05, 0) is 26.0 Å². The molecule has 0 aromatic carbocycles. The van der Waals surface area contributed by atoms with Gasteiger partial charge in [-0.15, -0.1) is 10.2 Å². The van der Waals surface area contributed by atoms with E-state index >= 15 is 0 Å². The Hall–Kier alpha value is -2.02. The minimum absolute atomic E-state index is 0.141. The van der Waals surface area contributed by atoms with Crippen LogP contribution in [0.15, 0.2) is 16.7 Å². The van der Waals surface area contributed by atoms with Gasteiger partial charge in [0.2, 0.25) is 17.6 Å². The predicted octanol–water partition coefficient (Wildman–Crippen LogP) is 1.88. The third kappa shape index (κ3) is 3.36. The molecule has 2 heterocycles. The van der Waals surface area contributed by atoms with Crippen molar-refractivity contribution in [2.24, 2.45) is 5.92 Å². The summed E-state index contributed by atoms with van der Waals surface area (Å²) in [7, 11) is 3.47. The standard InChI is InChI=1S/C14H21N5O2/c1-8(2)12(9(3)15-4)14-16-13(19-21-14)10-6-7-11(20-5)18-17-10/h6-9,12,15H,1-5H3. The van der Waals surface area contributed by atoms with Gasteiger partial charge in [0.25, 0.3) is 0 Å². The smallest absolute Gasteiger partial charge is 0.233 e. The van der Waals surface area contributed by atoms with Crippen LogP contribution in [0.25, 0.3) is 11.5 Å². The highest BCUT2D eigenvalue weighted by Gasteiger charge is 2.27. The molecule has 0 spiro atoms. The van der Waals surface area contributed by atoms with Gasteiger partial charge in [-0.25, -0.2) is 0 Å². The zero-order valence-electron chi connectivity index (χ0n) is 13.0. The maximum Gasteiger partial charge on any atom is 0.233 e. The van der Waals surface area contributed by atoms with Crippen LogP contribution in [-0.2, 0) is 0 Å². The van der Waals surface area contributed by atoms with Gasteiger partial charge in [-0.1, -0.05) is 19.0 Å². The van der Waals surface area contributed by atoms with E-state index in [4.69, 9.17) is 9.26 Å². The maximum atomic E-state index is 5.42. The van der Waals surface area contributed by atoms with E-state index in [2.05, 4.69) is 46.4 Å². The summed E-state index contributed by atoms with van der Waals surface area (Å²) in [6, 6.07) is 3.71. The minimum Gasteiger partial charge on any atom is -0.480 e. The number of nitrogens with one attached hydrogen (secondary N) is 1. The van der Waals surface area contributed by atoms with E-state index in [1.807, 2.05) is 7.05 Å². The van der Waals surface area contributed by atoms with Crippen LogP contribution < -0.4 is 10.1 Å². The zero-order chi connectivity index (χ0) is 15.4. The normalized spacial score (nSPS) is 14.2. The monoisotopic (exact) mass is 291 g/mol. The van der Waals surface area contributed by atoms with Crippen LogP contribution in [0.4, 0.5) is 0 Å². The summed E-state index contributed by atoms with van der Waals surface area (Å²) in [5, 5.41) is 15.2. The van der Waals surface area contributed by atoms with Gasteiger partial charge >= 0.3 is 0 Å². The average Bonchev–Trinajstić information content (AvgIpc) is 2.96. The quantitative estimate of drug-likeness (QED) is 0.869. The van der Waals surface area contributed by atoms with E-state index in [0.29, 0.717) is 29.2 Å². The molecule has 1 N–H and O–H groups in total. The highest BCUT2D eigenvalue weighted by atomic mass is 16.5. The van der Waals surface area contributed by atoms with Crippen LogP contribution in [0.5, 0.6) is 5.88 Å². The van der Waals surface area contributed by atoms with Crippen molar-refractivity contribution >= 4 is 0 Å². The van der Waals surface area contributed by atoms with Crippen LogP contribution in [0.3, 0.4) is 0 Å². The molecule has 21 heavy (non-hydrogen) atoms. The molecular weight excluding hydrogens is 270 g/mol. The fraction of sp³-hybridized carbons (Fsp3) is 0.571. The Kier molecular flexibility index (Phi) is 4.85. The molecule has 2 atom stereocenters. The van der Waals surface area contributed by atoms with E-state index < -0.39 is 0 Å². The second-order valence-corrected chi connectivity index (χ2v) is 5.26. The van der Waals surface area contributed by atoms with Crippen LogP contribution in [0, 0.1) is 5.92 Å². The second kappa shape index (κ2) is 6.62. The predicted molar refractivity (Wildman–Crippen MR) is 78.0 cm³/mol. The van der Waals surface area contributed by atoms with Crippen LogP contribution in [0.1, 0.15) is 32.6 Å². The Balaban J connectivity index is 2.26. The Morgan fingerprint density at radius 1 is 1.19 bits per heavy atom. The van der Waals surface area contributed by atoms with Crippen molar-refractivity contribution < 1.29 is 9.26 Å². The van der Waals surface area contributed by atoms with Gasteiger partial charge < -0.3 is 14.6 Å². The lowest BCUT2D eigenvalue weighted by Gasteiger charge is -2.23. The van der Waals surface area contributed by atoms with Crippen molar-refractivity contribution in [3.05, 3.63) is 18.0 Å². The van der Waals surface area contributed by atoms with Crippen molar-refractivity contribution in [1.82, 2.24) is 25.7 Å². The van der Waals surface area contributed by atoms with Gasteiger partial charge in [-0.2, -0.15) is 4.98 Å². The zero-order valence-corrected chi connectivity index (χ0v) is 13.0. The first-order chi connectivity index (χ1) is 10.1. The van der Waals surface area contributed by atoms with Gasteiger partial charge in [0.15, 0.2) is 0 Å².